The van der Waals surface area contributed by atoms with Gasteiger partial charge in [-0.05, 0) is 56.8 Å². The van der Waals surface area contributed by atoms with Crippen LogP contribution in [0.1, 0.15) is 58.6 Å². The molecule has 0 bridgehead atoms. The van der Waals surface area contributed by atoms with Crippen LogP contribution in [0.4, 0.5) is 8.78 Å². The van der Waals surface area contributed by atoms with Gasteiger partial charge in [-0.25, -0.2) is 13.6 Å². The number of carbonyl (C=O) groups is 1. The van der Waals surface area contributed by atoms with Crippen LogP contribution < -0.4 is 10.7 Å². The minimum absolute atomic E-state index is 0. The molecule has 1 fully saturated rings. The van der Waals surface area contributed by atoms with E-state index in [9.17, 15) is 14.7 Å². The smallest absolute Gasteiger partial charge is 0.341 e. The van der Waals surface area contributed by atoms with E-state index in [0.29, 0.717) is 4.88 Å². The fraction of sp³-hybridized carbons (Fsp3) is 0.364. The molecule has 1 saturated carbocycles. The molecule has 9 heteroatoms. The van der Waals surface area contributed by atoms with Crippen molar-refractivity contribution in [1.29, 1.82) is 0 Å². The predicted molar refractivity (Wildman–Crippen MR) is 119 cm³/mol. The molecule has 31 heavy (non-hydrogen) atoms. The van der Waals surface area contributed by atoms with Gasteiger partial charge in [0.1, 0.15) is 11.4 Å². The largest absolute Gasteiger partial charge is 0.477 e. The second-order valence-corrected chi connectivity index (χ2v) is 9.12. The Bertz CT molecular complexity index is 1270. The van der Waals surface area contributed by atoms with E-state index in [4.69, 9.17) is 0 Å². The molecular weight excluding hydrogens is 446 g/mol. The SMILES string of the molecule is CNC1CCCc2sc(-c3c(F)cc4c(=O)c(C(=O)O)cn(C5CC5)c4c3F)cc21.Cl. The minimum atomic E-state index is -1.40. The van der Waals surface area contributed by atoms with Gasteiger partial charge in [-0.15, -0.1) is 23.7 Å². The number of carboxylic acids is 1. The van der Waals surface area contributed by atoms with Crippen molar-refractivity contribution in [2.24, 2.45) is 0 Å². The molecule has 1 unspecified atom stereocenters. The lowest BCUT2D eigenvalue weighted by Crippen LogP contribution is -2.20. The summed E-state index contributed by atoms with van der Waals surface area (Å²) in [5.41, 5.74) is -0.415. The molecule has 2 aliphatic rings. The van der Waals surface area contributed by atoms with Gasteiger partial charge in [-0.2, -0.15) is 0 Å². The van der Waals surface area contributed by atoms with E-state index in [1.807, 2.05) is 13.1 Å². The van der Waals surface area contributed by atoms with Crippen LogP contribution in [-0.4, -0.2) is 22.7 Å². The van der Waals surface area contributed by atoms with Crippen LogP contribution >= 0.6 is 23.7 Å². The highest BCUT2D eigenvalue weighted by atomic mass is 35.5. The lowest BCUT2D eigenvalue weighted by atomic mass is 9.93. The number of benzene rings is 1. The normalized spacial score (nSPS) is 18.0. The highest BCUT2D eigenvalue weighted by molar-refractivity contribution is 7.15. The monoisotopic (exact) mass is 466 g/mol. The number of thiophene rings is 1. The van der Waals surface area contributed by atoms with E-state index >= 15 is 8.78 Å². The number of halogens is 3. The van der Waals surface area contributed by atoms with Gasteiger partial charge in [0.25, 0.3) is 0 Å². The quantitative estimate of drug-likeness (QED) is 0.563. The van der Waals surface area contributed by atoms with Crippen molar-refractivity contribution in [2.75, 3.05) is 7.05 Å². The van der Waals surface area contributed by atoms with Gasteiger partial charge in [0.15, 0.2) is 5.82 Å². The zero-order valence-corrected chi connectivity index (χ0v) is 18.3. The first kappa shape index (κ1) is 21.9. The molecule has 2 aliphatic carbocycles. The van der Waals surface area contributed by atoms with Crippen molar-refractivity contribution < 1.29 is 18.7 Å². The summed E-state index contributed by atoms with van der Waals surface area (Å²) in [5.74, 6) is -3.04. The summed E-state index contributed by atoms with van der Waals surface area (Å²) in [7, 11) is 1.88. The second-order valence-electron chi connectivity index (χ2n) is 7.98. The van der Waals surface area contributed by atoms with E-state index in [1.54, 1.807) is 0 Å². The Morgan fingerprint density at radius 1 is 1.26 bits per heavy atom. The molecule has 2 heterocycles. The molecular formula is C22H21ClF2N2O3S. The maximum absolute atomic E-state index is 15.8. The Morgan fingerprint density at radius 2 is 2.00 bits per heavy atom. The van der Waals surface area contributed by atoms with Crippen molar-refractivity contribution in [1.82, 2.24) is 9.88 Å². The van der Waals surface area contributed by atoms with Crippen LogP contribution in [0.5, 0.6) is 0 Å². The van der Waals surface area contributed by atoms with Gasteiger partial charge in [0.05, 0.1) is 16.5 Å². The third-order valence-electron chi connectivity index (χ3n) is 6.09. The average molecular weight is 467 g/mol. The van der Waals surface area contributed by atoms with Gasteiger partial charge in [-0.3, -0.25) is 4.79 Å². The summed E-state index contributed by atoms with van der Waals surface area (Å²) >= 11 is 1.39. The molecule has 5 nitrogen and oxygen atoms in total. The van der Waals surface area contributed by atoms with Gasteiger partial charge in [-0.1, -0.05) is 0 Å². The van der Waals surface area contributed by atoms with E-state index in [1.165, 1.54) is 22.1 Å². The zero-order valence-electron chi connectivity index (χ0n) is 16.7. The van der Waals surface area contributed by atoms with E-state index in [2.05, 4.69) is 5.32 Å². The van der Waals surface area contributed by atoms with Crippen molar-refractivity contribution in [3.8, 4) is 10.4 Å². The topological polar surface area (TPSA) is 71.3 Å². The number of hydrogen-bond acceptors (Lipinski definition) is 4. The predicted octanol–water partition coefficient (Wildman–Crippen LogP) is 5.06. The summed E-state index contributed by atoms with van der Waals surface area (Å²) in [4.78, 5) is 25.7. The summed E-state index contributed by atoms with van der Waals surface area (Å²) < 4.78 is 32.4. The number of fused-ring (bicyclic) bond motifs is 2. The van der Waals surface area contributed by atoms with Crippen LogP contribution in [-0.2, 0) is 6.42 Å². The number of hydrogen-bond donors (Lipinski definition) is 2. The lowest BCUT2D eigenvalue weighted by molar-refractivity contribution is 0.0695. The van der Waals surface area contributed by atoms with Crippen LogP contribution in [0, 0.1) is 11.6 Å². The molecule has 164 valence electrons. The van der Waals surface area contributed by atoms with Gasteiger partial charge < -0.3 is 15.0 Å². The summed E-state index contributed by atoms with van der Waals surface area (Å²) in [6, 6.07) is 2.92. The van der Waals surface area contributed by atoms with Crippen LogP contribution in [0.2, 0.25) is 0 Å². The fourth-order valence-corrected chi connectivity index (χ4v) is 5.74. The third-order valence-corrected chi connectivity index (χ3v) is 7.32. The van der Waals surface area contributed by atoms with Gasteiger partial charge in [0.2, 0.25) is 5.43 Å². The highest BCUT2D eigenvalue weighted by Gasteiger charge is 2.31. The Labute approximate surface area is 187 Å². The molecule has 1 aromatic carbocycles. The Morgan fingerprint density at radius 3 is 2.65 bits per heavy atom. The number of carboxylic acid groups (broad SMARTS) is 1. The molecule has 5 rings (SSSR count). The first-order valence-corrected chi connectivity index (χ1v) is 10.8. The van der Waals surface area contributed by atoms with Crippen molar-refractivity contribution >= 4 is 40.6 Å². The number of aromatic carboxylic acids is 1. The highest BCUT2D eigenvalue weighted by Crippen LogP contribution is 2.44. The molecule has 0 saturated heterocycles. The number of aryl methyl sites for hydroxylation is 1. The standard InChI is InChI=1S/C22H20F2N2O3S.ClH/c1-25-15-3-2-4-16-11(15)8-17(30-16)18-14(23)7-12-20(19(18)24)26(10-5-6-10)9-13(21(12)27)22(28)29;/h7-10,15,25H,2-6H2,1H3,(H,28,29);1H. The van der Waals surface area contributed by atoms with Crippen LogP contribution in [0.15, 0.2) is 23.1 Å². The van der Waals surface area contributed by atoms with Crippen molar-refractivity contribution in [3.05, 3.63) is 56.2 Å². The molecule has 0 amide bonds. The van der Waals surface area contributed by atoms with Crippen LogP contribution in [0.25, 0.3) is 21.3 Å². The van der Waals surface area contributed by atoms with E-state index in [0.717, 1.165) is 48.6 Å². The number of aromatic nitrogens is 1. The third kappa shape index (κ3) is 3.46. The lowest BCUT2D eigenvalue weighted by Gasteiger charge is -2.21. The second kappa shape index (κ2) is 8.00. The maximum atomic E-state index is 15.8. The van der Waals surface area contributed by atoms with E-state index in [-0.39, 0.29) is 41.0 Å². The average Bonchev–Trinajstić information content (AvgIpc) is 3.46. The first-order chi connectivity index (χ1) is 14.4. The number of nitrogens with zero attached hydrogens (tertiary/aromatic N) is 1. The van der Waals surface area contributed by atoms with E-state index < -0.39 is 28.6 Å². The summed E-state index contributed by atoms with van der Waals surface area (Å²) in [6.45, 7) is 0. The zero-order chi connectivity index (χ0) is 21.2. The number of pyridine rings is 1. The molecule has 3 aromatic rings. The van der Waals surface area contributed by atoms with Crippen LogP contribution in [0.3, 0.4) is 0 Å². The van der Waals surface area contributed by atoms with Crippen molar-refractivity contribution in [3.63, 3.8) is 0 Å². The Kier molecular flexibility index (Phi) is 5.66. The molecule has 0 radical (unpaired) electrons. The molecule has 1 atom stereocenters. The molecule has 0 aliphatic heterocycles. The summed E-state index contributed by atoms with van der Waals surface area (Å²) in [5, 5.41) is 12.4. The maximum Gasteiger partial charge on any atom is 0.341 e. The fourth-order valence-electron chi connectivity index (χ4n) is 4.44. The Balaban J connectivity index is 0.00000231. The molecule has 2 N–H and O–H groups in total. The number of rotatable bonds is 4. The minimum Gasteiger partial charge on any atom is -0.477 e. The Hall–Kier alpha value is -2.29. The van der Waals surface area contributed by atoms with Crippen molar-refractivity contribution in [2.45, 2.75) is 44.2 Å². The van der Waals surface area contributed by atoms with Gasteiger partial charge >= 0.3 is 5.97 Å². The molecule has 2 aromatic heterocycles. The number of nitrogens with one attached hydrogen (secondary N) is 1. The summed E-state index contributed by atoms with van der Waals surface area (Å²) in [6.07, 6.45) is 5.60. The van der Waals surface area contributed by atoms with Gasteiger partial charge in [0, 0.05) is 28.0 Å². The first-order valence-electron chi connectivity index (χ1n) is 10.0. The molecule has 0 spiro atoms.